The maximum absolute atomic E-state index is 13.4. The van der Waals surface area contributed by atoms with Gasteiger partial charge in [-0.15, -0.1) is 0 Å². The molecule has 0 amide bonds. The molecule has 0 aromatic heterocycles. The van der Waals surface area contributed by atoms with Gasteiger partial charge in [0.25, 0.3) is 5.69 Å². The van der Waals surface area contributed by atoms with E-state index in [1.807, 2.05) is 0 Å². The molecular formula is C14H11BrFNO3. The number of halogens is 2. The molecule has 20 heavy (non-hydrogen) atoms. The molecule has 0 fully saturated rings. The smallest absolute Gasteiger partial charge is 0.283 e. The van der Waals surface area contributed by atoms with Crippen molar-refractivity contribution >= 4 is 21.6 Å². The second kappa shape index (κ2) is 6.58. The molecule has 0 aliphatic rings. The van der Waals surface area contributed by atoms with E-state index in [1.165, 1.54) is 12.1 Å². The van der Waals surface area contributed by atoms with Crippen molar-refractivity contribution in [2.45, 2.75) is 13.2 Å². The molecule has 2 rings (SSSR count). The third kappa shape index (κ3) is 3.61. The second-order valence-electron chi connectivity index (χ2n) is 4.13. The summed E-state index contributed by atoms with van der Waals surface area (Å²) in [6.07, 6.45) is 0. The Morgan fingerprint density at radius 2 is 1.95 bits per heavy atom. The van der Waals surface area contributed by atoms with Crippen molar-refractivity contribution < 1.29 is 14.1 Å². The summed E-state index contributed by atoms with van der Waals surface area (Å²) in [6, 6.07) is 11.1. The number of benzene rings is 2. The van der Waals surface area contributed by atoms with Gasteiger partial charge in [0, 0.05) is 11.6 Å². The Labute approximate surface area is 123 Å². The molecule has 0 heterocycles. The summed E-state index contributed by atoms with van der Waals surface area (Å²) in [5.74, 6) is -0.325. The third-order valence-electron chi connectivity index (χ3n) is 2.69. The average molecular weight is 340 g/mol. The zero-order valence-corrected chi connectivity index (χ0v) is 12.0. The van der Waals surface area contributed by atoms with E-state index in [0.717, 1.165) is 0 Å². The Morgan fingerprint density at radius 3 is 2.65 bits per heavy atom. The molecule has 4 nitrogen and oxygen atoms in total. The van der Waals surface area contributed by atoms with Crippen LogP contribution in [0.25, 0.3) is 0 Å². The molecule has 0 saturated heterocycles. The zero-order chi connectivity index (χ0) is 14.5. The minimum atomic E-state index is -0.468. The lowest BCUT2D eigenvalue weighted by molar-refractivity contribution is -0.385. The minimum absolute atomic E-state index is 0.0167. The number of nitro groups is 1. The Balaban J connectivity index is 2.00. The van der Waals surface area contributed by atoms with Gasteiger partial charge >= 0.3 is 0 Å². The van der Waals surface area contributed by atoms with Gasteiger partial charge in [-0.05, 0) is 33.6 Å². The van der Waals surface area contributed by atoms with E-state index in [1.54, 1.807) is 30.3 Å². The second-order valence-corrected chi connectivity index (χ2v) is 4.98. The van der Waals surface area contributed by atoms with E-state index in [2.05, 4.69) is 15.9 Å². The van der Waals surface area contributed by atoms with Crippen LogP contribution in [0.1, 0.15) is 11.1 Å². The number of nitrogens with zero attached hydrogens (tertiary/aromatic N) is 1. The van der Waals surface area contributed by atoms with Crippen LogP contribution in [0, 0.1) is 15.9 Å². The molecule has 0 unspecified atom stereocenters. The van der Waals surface area contributed by atoms with E-state index in [-0.39, 0.29) is 24.7 Å². The number of hydrogen-bond donors (Lipinski definition) is 0. The molecule has 0 spiro atoms. The Bertz CT molecular complexity index is 634. The fourth-order valence-corrected chi connectivity index (χ4v) is 2.07. The van der Waals surface area contributed by atoms with E-state index in [4.69, 9.17) is 4.74 Å². The zero-order valence-electron chi connectivity index (χ0n) is 10.4. The van der Waals surface area contributed by atoms with Crippen LogP contribution in [0.15, 0.2) is 46.9 Å². The topological polar surface area (TPSA) is 52.4 Å². The van der Waals surface area contributed by atoms with E-state index in [9.17, 15) is 14.5 Å². The van der Waals surface area contributed by atoms with Gasteiger partial charge in [-0.25, -0.2) is 4.39 Å². The SMILES string of the molecule is O=[N+]([O-])c1cc(COCc2ccccc2F)ccc1Br. The highest BCUT2D eigenvalue weighted by molar-refractivity contribution is 9.10. The highest BCUT2D eigenvalue weighted by Crippen LogP contribution is 2.26. The molecule has 0 radical (unpaired) electrons. The monoisotopic (exact) mass is 339 g/mol. The lowest BCUT2D eigenvalue weighted by atomic mass is 10.2. The molecular weight excluding hydrogens is 329 g/mol. The molecule has 0 atom stereocenters. The summed E-state index contributed by atoms with van der Waals surface area (Å²) < 4.78 is 19.2. The summed E-state index contributed by atoms with van der Waals surface area (Å²) in [6.45, 7) is 0.305. The predicted octanol–water partition coefficient (Wildman–Crippen LogP) is 4.21. The summed E-state index contributed by atoms with van der Waals surface area (Å²) >= 11 is 3.11. The van der Waals surface area contributed by atoms with Crippen molar-refractivity contribution in [1.29, 1.82) is 0 Å². The first kappa shape index (κ1) is 14.6. The van der Waals surface area contributed by atoms with Crippen molar-refractivity contribution in [2.75, 3.05) is 0 Å². The number of hydrogen-bond acceptors (Lipinski definition) is 3. The standard InChI is InChI=1S/C14H11BrFNO3/c15-12-6-5-10(7-14(12)17(18)19)8-20-9-11-3-1-2-4-13(11)16/h1-7H,8-9H2. The van der Waals surface area contributed by atoms with Crippen molar-refractivity contribution in [3.63, 3.8) is 0 Å². The average Bonchev–Trinajstić information content (AvgIpc) is 2.42. The first-order valence-electron chi connectivity index (χ1n) is 5.82. The van der Waals surface area contributed by atoms with Crippen molar-refractivity contribution in [1.82, 2.24) is 0 Å². The first-order chi connectivity index (χ1) is 9.58. The number of nitro benzene ring substituents is 1. The summed E-state index contributed by atoms with van der Waals surface area (Å²) in [4.78, 5) is 10.3. The normalized spacial score (nSPS) is 10.5. The van der Waals surface area contributed by atoms with E-state index in [0.29, 0.717) is 15.6 Å². The number of rotatable bonds is 5. The Morgan fingerprint density at radius 1 is 1.20 bits per heavy atom. The largest absolute Gasteiger partial charge is 0.372 e. The highest BCUT2D eigenvalue weighted by Gasteiger charge is 2.12. The molecule has 2 aromatic rings. The van der Waals surface area contributed by atoms with Gasteiger partial charge in [-0.1, -0.05) is 24.3 Å². The first-order valence-corrected chi connectivity index (χ1v) is 6.61. The van der Waals surface area contributed by atoms with Crippen LogP contribution in [0.3, 0.4) is 0 Å². The Hall–Kier alpha value is -1.79. The van der Waals surface area contributed by atoms with Crippen LogP contribution in [-0.4, -0.2) is 4.92 Å². The molecule has 0 saturated carbocycles. The van der Waals surface area contributed by atoms with Crippen molar-refractivity contribution in [3.05, 3.63) is 74.0 Å². The van der Waals surface area contributed by atoms with E-state index >= 15 is 0 Å². The molecule has 6 heteroatoms. The molecule has 0 bridgehead atoms. The van der Waals surface area contributed by atoms with Crippen LogP contribution in [0.2, 0.25) is 0 Å². The van der Waals surface area contributed by atoms with Crippen molar-refractivity contribution in [2.24, 2.45) is 0 Å². The van der Waals surface area contributed by atoms with Gasteiger partial charge in [-0.2, -0.15) is 0 Å². The molecule has 0 N–H and O–H groups in total. The summed E-state index contributed by atoms with van der Waals surface area (Å²) in [5, 5.41) is 10.8. The summed E-state index contributed by atoms with van der Waals surface area (Å²) in [7, 11) is 0. The lowest BCUT2D eigenvalue weighted by Crippen LogP contribution is -1.98. The molecule has 104 valence electrons. The van der Waals surface area contributed by atoms with Crippen LogP contribution >= 0.6 is 15.9 Å². The lowest BCUT2D eigenvalue weighted by Gasteiger charge is -2.06. The Kier molecular flexibility index (Phi) is 4.81. The number of ether oxygens (including phenoxy) is 1. The van der Waals surface area contributed by atoms with Gasteiger partial charge in [0.05, 0.1) is 22.6 Å². The molecule has 0 aliphatic heterocycles. The van der Waals surface area contributed by atoms with E-state index < -0.39 is 4.92 Å². The fraction of sp³-hybridized carbons (Fsp3) is 0.143. The highest BCUT2D eigenvalue weighted by atomic mass is 79.9. The molecule has 2 aromatic carbocycles. The van der Waals surface area contributed by atoms with Crippen molar-refractivity contribution in [3.8, 4) is 0 Å². The van der Waals surface area contributed by atoms with Gasteiger partial charge < -0.3 is 4.74 Å². The van der Waals surface area contributed by atoms with Gasteiger partial charge in [-0.3, -0.25) is 10.1 Å². The minimum Gasteiger partial charge on any atom is -0.372 e. The van der Waals surface area contributed by atoms with Gasteiger partial charge in [0.1, 0.15) is 5.82 Å². The maximum atomic E-state index is 13.4. The van der Waals surface area contributed by atoms with Crippen LogP contribution in [0.5, 0.6) is 0 Å². The summed E-state index contributed by atoms with van der Waals surface area (Å²) in [5.41, 5.74) is 1.10. The fourth-order valence-electron chi connectivity index (χ4n) is 1.68. The van der Waals surface area contributed by atoms with Crippen LogP contribution in [0.4, 0.5) is 10.1 Å². The quantitative estimate of drug-likeness (QED) is 0.605. The van der Waals surface area contributed by atoms with Gasteiger partial charge in [0.2, 0.25) is 0 Å². The molecule has 0 aliphatic carbocycles. The van der Waals surface area contributed by atoms with Crippen LogP contribution in [-0.2, 0) is 18.0 Å². The predicted molar refractivity (Wildman–Crippen MR) is 75.7 cm³/mol. The maximum Gasteiger partial charge on any atom is 0.283 e. The van der Waals surface area contributed by atoms with Crippen LogP contribution < -0.4 is 0 Å². The van der Waals surface area contributed by atoms with Gasteiger partial charge in [0.15, 0.2) is 0 Å². The third-order valence-corrected chi connectivity index (χ3v) is 3.36.